The van der Waals surface area contributed by atoms with Gasteiger partial charge in [-0.1, -0.05) is 12.1 Å². The van der Waals surface area contributed by atoms with Crippen LogP contribution in [0.25, 0.3) is 11.0 Å². The summed E-state index contributed by atoms with van der Waals surface area (Å²) >= 11 is 0. The van der Waals surface area contributed by atoms with Gasteiger partial charge in [0.15, 0.2) is 0 Å². The number of sulfonamides is 1. The zero-order valence-corrected chi connectivity index (χ0v) is 8.30. The van der Waals surface area contributed by atoms with Gasteiger partial charge in [-0.15, -0.1) is 0 Å². The number of imidazole rings is 1. The van der Waals surface area contributed by atoms with Crippen LogP contribution in [0, 0.1) is 6.92 Å². The first-order valence-electron chi connectivity index (χ1n) is 3.96. The smallest absolute Gasteiger partial charge is 0.271 e. The number of H-pyrrole nitrogens is 1. The second kappa shape index (κ2) is 2.79. The summed E-state index contributed by atoms with van der Waals surface area (Å²) in [6, 6.07) is 5.43. The van der Waals surface area contributed by atoms with E-state index in [0.717, 1.165) is 5.56 Å². The number of aromatic amines is 1. The van der Waals surface area contributed by atoms with E-state index in [-0.39, 0.29) is 5.16 Å². The van der Waals surface area contributed by atoms with Gasteiger partial charge in [-0.2, -0.15) is 0 Å². The standard InChI is InChI=1S/C8H9N3O2S/c1-5-3-2-4-6-7(5)11-8(10-6)14(9,12)13/h2-4H,1H3,(H,10,11)(H2,9,12,13). The van der Waals surface area contributed by atoms with Crippen molar-refractivity contribution in [2.45, 2.75) is 12.1 Å². The second-order valence-electron chi connectivity index (χ2n) is 3.06. The summed E-state index contributed by atoms with van der Waals surface area (Å²) in [6.45, 7) is 1.86. The van der Waals surface area contributed by atoms with E-state index in [9.17, 15) is 8.42 Å². The van der Waals surface area contributed by atoms with Crippen molar-refractivity contribution in [1.29, 1.82) is 0 Å². The van der Waals surface area contributed by atoms with Crippen LogP contribution in [0.3, 0.4) is 0 Å². The maximum Gasteiger partial charge on any atom is 0.271 e. The summed E-state index contributed by atoms with van der Waals surface area (Å²) in [5.74, 6) is 0. The Kier molecular flexibility index (Phi) is 1.83. The second-order valence-corrected chi connectivity index (χ2v) is 4.53. The van der Waals surface area contributed by atoms with Crippen molar-refractivity contribution in [3.63, 3.8) is 0 Å². The van der Waals surface area contributed by atoms with E-state index in [1.165, 1.54) is 0 Å². The molecule has 0 fully saturated rings. The van der Waals surface area contributed by atoms with Gasteiger partial charge in [0.25, 0.3) is 10.0 Å². The molecule has 2 rings (SSSR count). The Morgan fingerprint density at radius 2 is 2.14 bits per heavy atom. The Hall–Kier alpha value is -1.40. The van der Waals surface area contributed by atoms with Crippen LogP contribution in [0.5, 0.6) is 0 Å². The molecule has 0 aliphatic heterocycles. The number of hydrogen-bond acceptors (Lipinski definition) is 3. The number of hydrogen-bond donors (Lipinski definition) is 2. The maximum atomic E-state index is 11.0. The number of nitrogens with zero attached hydrogens (tertiary/aromatic N) is 1. The lowest BCUT2D eigenvalue weighted by atomic mass is 10.2. The molecule has 1 aromatic carbocycles. The lowest BCUT2D eigenvalue weighted by Gasteiger charge is -1.90. The molecule has 1 heterocycles. The predicted molar refractivity (Wildman–Crippen MR) is 52.2 cm³/mol. The molecule has 0 saturated heterocycles. The number of nitrogens with one attached hydrogen (secondary N) is 1. The average molecular weight is 211 g/mol. The molecule has 14 heavy (non-hydrogen) atoms. The molecule has 6 heteroatoms. The molecule has 74 valence electrons. The number of fused-ring (bicyclic) bond motifs is 1. The highest BCUT2D eigenvalue weighted by Gasteiger charge is 2.13. The molecule has 0 spiro atoms. The molecule has 0 atom stereocenters. The van der Waals surface area contributed by atoms with E-state index < -0.39 is 10.0 Å². The molecule has 0 bridgehead atoms. The van der Waals surface area contributed by atoms with Gasteiger partial charge in [0.2, 0.25) is 5.16 Å². The van der Waals surface area contributed by atoms with Crippen LogP contribution in [0.4, 0.5) is 0 Å². The van der Waals surface area contributed by atoms with Crippen molar-refractivity contribution in [2.75, 3.05) is 0 Å². The van der Waals surface area contributed by atoms with Crippen molar-refractivity contribution in [2.24, 2.45) is 5.14 Å². The van der Waals surface area contributed by atoms with Gasteiger partial charge >= 0.3 is 0 Å². The summed E-state index contributed by atoms with van der Waals surface area (Å²) in [6.07, 6.45) is 0. The van der Waals surface area contributed by atoms with E-state index in [1.807, 2.05) is 19.1 Å². The predicted octanol–water partition coefficient (Wildman–Crippen LogP) is 0.519. The highest BCUT2D eigenvalue weighted by atomic mass is 32.2. The lowest BCUT2D eigenvalue weighted by Crippen LogP contribution is -2.13. The highest BCUT2D eigenvalue weighted by Crippen LogP contribution is 2.16. The van der Waals surface area contributed by atoms with Crippen molar-refractivity contribution < 1.29 is 8.42 Å². The third-order valence-corrected chi connectivity index (χ3v) is 2.69. The minimum atomic E-state index is -3.75. The first-order chi connectivity index (χ1) is 6.48. The molecule has 0 amide bonds. The SMILES string of the molecule is Cc1cccc2[nH]c(S(N)(=O)=O)nc12. The minimum Gasteiger partial charge on any atom is -0.328 e. The Balaban J connectivity index is 2.81. The van der Waals surface area contributed by atoms with Gasteiger partial charge in [0.05, 0.1) is 11.0 Å². The zero-order chi connectivity index (χ0) is 10.3. The number of primary sulfonamides is 1. The van der Waals surface area contributed by atoms with Gasteiger partial charge < -0.3 is 4.98 Å². The van der Waals surface area contributed by atoms with Gasteiger partial charge in [-0.05, 0) is 18.6 Å². The Bertz CT molecular complexity index is 586. The van der Waals surface area contributed by atoms with E-state index in [0.29, 0.717) is 11.0 Å². The van der Waals surface area contributed by atoms with Crippen LogP contribution >= 0.6 is 0 Å². The van der Waals surface area contributed by atoms with E-state index >= 15 is 0 Å². The van der Waals surface area contributed by atoms with Crippen LogP contribution in [-0.4, -0.2) is 18.4 Å². The van der Waals surface area contributed by atoms with Crippen molar-refractivity contribution in [3.05, 3.63) is 23.8 Å². The molecular weight excluding hydrogens is 202 g/mol. The first kappa shape index (κ1) is 9.17. The molecular formula is C8H9N3O2S. The normalized spacial score (nSPS) is 12.1. The Labute approximate surface area is 81.0 Å². The molecule has 0 radical (unpaired) electrons. The fourth-order valence-electron chi connectivity index (χ4n) is 1.29. The van der Waals surface area contributed by atoms with Gasteiger partial charge in [0.1, 0.15) is 0 Å². The van der Waals surface area contributed by atoms with Crippen LogP contribution in [0.15, 0.2) is 23.4 Å². The van der Waals surface area contributed by atoms with Crippen molar-refractivity contribution in [1.82, 2.24) is 9.97 Å². The first-order valence-corrected chi connectivity index (χ1v) is 5.51. The molecule has 0 saturated carbocycles. The third kappa shape index (κ3) is 1.38. The number of nitrogens with two attached hydrogens (primary N) is 1. The molecule has 3 N–H and O–H groups in total. The molecule has 1 aromatic heterocycles. The summed E-state index contributed by atoms with van der Waals surface area (Å²) in [7, 11) is -3.75. The van der Waals surface area contributed by atoms with Gasteiger partial charge in [-0.3, -0.25) is 0 Å². The summed E-state index contributed by atoms with van der Waals surface area (Å²) in [4.78, 5) is 6.57. The lowest BCUT2D eigenvalue weighted by molar-refractivity contribution is 0.591. The molecule has 0 aliphatic carbocycles. The highest BCUT2D eigenvalue weighted by molar-refractivity contribution is 7.89. The zero-order valence-electron chi connectivity index (χ0n) is 7.48. The van der Waals surface area contributed by atoms with E-state index in [4.69, 9.17) is 5.14 Å². The van der Waals surface area contributed by atoms with Crippen LogP contribution < -0.4 is 5.14 Å². The minimum absolute atomic E-state index is 0.193. The van der Waals surface area contributed by atoms with E-state index in [1.54, 1.807) is 6.07 Å². The quantitative estimate of drug-likeness (QED) is 0.720. The number of aryl methyl sites for hydroxylation is 1. The summed E-state index contributed by atoms with van der Waals surface area (Å²) in [5, 5.41) is 4.76. The average Bonchev–Trinajstić information content (AvgIpc) is 2.48. The van der Waals surface area contributed by atoms with Crippen LogP contribution in [0.2, 0.25) is 0 Å². The van der Waals surface area contributed by atoms with Crippen LogP contribution in [-0.2, 0) is 10.0 Å². The van der Waals surface area contributed by atoms with E-state index in [2.05, 4.69) is 9.97 Å². The molecule has 5 nitrogen and oxygen atoms in total. The van der Waals surface area contributed by atoms with Crippen LogP contribution in [0.1, 0.15) is 5.56 Å². The van der Waals surface area contributed by atoms with Crippen molar-refractivity contribution >= 4 is 21.1 Å². The Morgan fingerprint density at radius 3 is 2.71 bits per heavy atom. The molecule has 0 aliphatic rings. The van der Waals surface area contributed by atoms with Crippen molar-refractivity contribution in [3.8, 4) is 0 Å². The number of rotatable bonds is 1. The number of aromatic nitrogens is 2. The topological polar surface area (TPSA) is 88.8 Å². The largest absolute Gasteiger partial charge is 0.328 e. The maximum absolute atomic E-state index is 11.0. The van der Waals surface area contributed by atoms with Gasteiger partial charge in [-0.25, -0.2) is 18.5 Å². The fraction of sp³-hybridized carbons (Fsp3) is 0.125. The number of para-hydroxylation sites is 1. The third-order valence-electron chi connectivity index (χ3n) is 1.96. The Morgan fingerprint density at radius 1 is 1.43 bits per heavy atom. The molecule has 2 aromatic rings. The summed E-state index contributed by atoms with van der Waals surface area (Å²) < 4.78 is 22.0. The molecule has 0 unspecified atom stereocenters. The monoisotopic (exact) mass is 211 g/mol. The van der Waals surface area contributed by atoms with Gasteiger partial charge in [0, 0.05) is 0 Å². The fourth-order valence-corrected chi connectivity index (χ4v) is 1.76. The number of benzene rings is 1. The summed E-state index contributed by atoms with van der Waals surface area (Å²) in [5.41, 5.74) is 2.22.